The molecule has 0 unspecified atom stereocenters. The first-order valence-corrected chi connectivity index (χ1v) is 9.57. The van der Waals surface area contributed by atoms with Crippen LogP contribution in [0, 0.1) is 13.8 Å². The summed E-state index contributed by atoms with van der Waals surface area (Å²) in [7, 11) is -0.656. The van der Waals surface area contributed by atoms with Crippen LogP contribution in [-0.2, 0) is 16.6 Å². The average molecular weight is 363 g/mol. The van der Waals surface area contributed by atoms with E-state index < -0.39 is 10.0 Å². The molecule has 0 N–H and O–H groups in total. The lowest BCUT2D eigenvalue weighted by atomic mass is 10.1. The van der Waals surface area contributed by atoms with E-state index in [1.807, 2.05) is 45.0 Å². The average Bonchev–Trinajstić information content (AvgIpc) is 2.58. The monoisotopic (exact) mass is 363 g/mol. The number of para-hydroxylation sites is 1. The van der Waals surface area contributed by atoms with Crippen LogP contribution in [0.5, 0.6) is 11.5 Å². The SMILES string of the molecule is CCOc1ccccc1CN(C)S(=O)(=O)c1cc(C)c(C)cc1OC. The number of nitrogens with zero attached hydrogens (tertiary/aromatic N) is 1. The number of methoxy groups -OCH3 is 1. The highest BCUT2D eigenvalue weighted by Crippen LogP contribution is 2.30. The highest BCUT2D eigenvalue weighted by atomic mass is 32.2. The second kappa shape index (κ2) is 7.89. The van der Waals surface area contributed by atoms with Gasteiger partial charge < -0.3 is 9.47 Å². The molecule has 5 nitrogen and oxygen atoms in total. The maximum atomic E-state index is 13.1. The van der Waals surface area contributed by atoms with Crippen molar-refractivity contribution in [2.75, 3.05) is 20.8 Å². The van der Waals surface area contributed by atoms with Crippen molar-refractivity contribution in [2.45, 2.75) is 32.2 Å². The predicted molar refractivity (Wildman–Crippen MR) is 98.7 cm³/mol. The summed E-state index contributed by atoms with van der Waals surface area (Å²) in [6, 6.07) is 10.9. The normalized spacial score (nSPS) is 11.6. The van der Waals surface area contributed by atoms with Gasteiger partial charge in [-0.2, -0.15) is 4.31 Å². The predicted octanol–water partition coefficient (Wildman–Crippen LogP) is 3.53. The van der Waals surface area contributed by atoms with Gasteiger partial charge in [-0.1, -0.05) is 18.2 Å². The van der Waals surface area contributed by atoms with Crippen molar-refractivity contribution in [2.24, 2.45) is 0 Å². The van der Waals surface area contributed by atoms with Gasteiger partial charge in [0.2, 0.25) is 10.0 Å². The van der Waals surface area contributed by atoms with E-state index in [2.05, 4.69) is 0 Å². The zero-order valence-corrected chi connectivity index (χ0v) is 16.2. The molecule has 0 saturated heterocycles. The van der Waals surface area contributed by atoms with Crippen molar-refractivity contribution in [3.8, 4) is 11.5 Å². The second-order valence-electron chi connectivity index (χ2n) is 5.89. The van der Waals surface area contributed by atoms with Crippen molar-refractivity contribution in [1.29, 1.82) is 0 Å². The minimum absolute atomic E-state index is 0.175. The highest BCUT2D eigenvalue weighted by Gasteiger charge is 2.26. The van der Waals surface area contributed by atoms with Crippen LogP contribution >= 0.6 is 0 Å². The minimum Gasteiger partial charge on any atom is -0.495 e. The fraction of sp³-hybridized carbons (Fsp3) is 0.368. The zero-order valence-electron chi connectivity index (χ0n) is 15.4. The van der Waals surface area contributed by atoms with Gasteiger partial charge in [0.25, 0.3) is 0 Å². The lowest BCUT2D eigenvalue weighted by molar-refractivity contribution is 0.332. The molecule has 2 aromatic rings. The lowest BCUT2D eigenvalue weighted by Gasteiger charge is -2.21. The van der Waals surface area contributed by atoms with Gasteiger partial charge in [-0.25, -0.2) is 8.42 Å². The van der Waals surface area contributed by atoms with Gasteiger partial charge in [0.1, 0.15) is 16.4 Å². The first-order chi connectivity index (χ1) is 11.8. The lowest BCUT2D eigenvalue weighted by Crippen LogP contribution is -2.27. The van der Waals surface area contributed by atoms with Crippen LogP contribution in [0.3, 0.4) is 0 Å². The molecule has 0 radical (unpaired) electrons. The summed E-state index contributed by atoms with van der Waals surface area (Å²) in [4.78, 5) is 0.175. The minimum atomic E-state index is -3.70. The Labute approximate surface area is 150 Å². The van der Waals surface area contributed by atoms with Crippen molar-refractivity contribution < 1.29 is 17.9 Å². The molecule has 0 saturated carbocycles. The molecule has 0 aromatic heterocycles. The van der Waals surface area contributed by atoms with Crippen LogP contribution in [0.4, 0.5) is 0 Å². The van der Waals surface area contributed by atoms with Gasteiger partial charge >= 0.3 is 0 Å². The van der Waals surface area contributed by atoms with Crippen LogP contribution in [0.1, 0.15) is 23.6 Å². The van der Waals surface area contributed by atoms with Crippen molar-refractivity contribution in [3.63, 3.8) is 0 Å². The summed E-state index contributed by atoms with van der Waals surface area (Å²) in [5.74, 6) is 1.05. The molecule has 6 heteroatoms. The van der Waals surface area contributed by atoms with Gasteiger partial charge in [0.05, 0.1) is 13.7 Å². The Balaban J connectivity index is 2.39. The maximum absolute atomic E-state index is 13.1. The van der Waals surface area contributed by atoms with Gasteiger partial charge in [-0.15, -0.1) is 0 Å². The van der Waals surface area contributed by atoms with Gasteiger partial charge in [-0.05, 0) is 50.1 Å². The van der Waals surface area contributed by atoms with E-state index in [-0.39, 0.29) is 11.4 Å². The Morgan fingerprint density at radius 3 is 2.32 bits per heavy atom. The van der Waals surface area contributed by atoms with E-state index in [1.54, 1.807) is 19.2 Å². The van der Waals surface area contributed by atoms with Gasteiger partial charge in [-0.3, -0.25) is 0 Å². The summed E-state index contributed by atoms with van der Waals surface area (Å²) in [5, 5.41) is 0. The molecular formula is C19H25NO4S. The molecule has 0 aliphatic heterocycles. The zero-order chi connectivity index (χ0) is 18.6. The van der Waals surface area contributed by atoms with Crippen molar-refractivity contribution in [3.05, 3.63) is 53.1 Å². The molecule has 0 spiro atoms. The molecule has 0 heterocycles. The number of aryl methyl sites for hydroxylation is 2. The van der Waals surface area contributed by atoms with E-state index >= 15 is 0 Å². The quantitative estimate of drug-likeness (QED) is 0.755. The van der Waals surface area contributed by atoms with E-state index in [0.29, 0.717) is 18.1 Å². The van der Waals surface area contributed by atoms with E-state index in [9.17, 15) is 8.42 Å². The second-order valence-corrected chi connectivity index (χ2v) is 7.90. The molecule has 25 heavy (non-hydrogen) atoms. The number of benzene rings is 2. The van der Waals surface area contributed by atoms with Crippen LogP contribution in [0.25, 0.3) is 0 Å². The smallest absolute Gasteiger partial charge is 0.246 e. The number of ether oxygens (including phenoxy) is 2. The molecule has 0 bridgehead atoms. The first-order valence-electron chi connectivity index (χ1n) is 8.13. The maximum Gasteiger partial charge on any atom is 0.246 e. The Hall–Kier alpha value is -2.05. The third kappa shape index (κ3) is 4.14. The first kappa shape index (κ1) is 19.3. The Bertz CT molecular complexity index is 846. The molecule has 2 aromatic carbocycles. The number of rotatable bonds is 7. The van der Waals surface area contributed by atoms with Gasteiger partial charge in [0.15, 0.2) is 0 Å². The van der Waals surface area contributed by atoms with Crippen LogP contribution < -0.4 is 9.47 Å². The topological polar surface area (TPSA) is 55.8 Å². The van der Waals surface area contributed by atoms with Crippen LogP contribution in [0.2, 0.25) is 0 Å². The molecule has 0 aliphatic rings. The number of hydrogen-bond donors (Lipinski definition) is 0. The highest BCUT2D eigenvalue weighted by molar-refractivity contribution is 7.89. The van der Waals surface area contributed by atoms with E-state index in [4.69, 9.17) is 9.47 Å². The summed E-state index contributed by atoms with van der Waals surface area (Å²) >= 11 is 0. The fourth-order valence-electron chi connectivity index (χ4n) is 2.55. The van der Waals surface area contributed by atoms with Crippen molar-refractivity contribution >= 4 is 10.0 Å². The molecule has 136 valence electrons. The molecule has 2 rings (SSSR count). The third-order valence-electron chi connectivity index (χ3n) is 4.13. The third-order valence-corrected chi connectivity index (χ3v) is 5.96. The standard InChI is InChI=1S/C19H25NO4S/c1-6-24-17-10-8-7-9-16(17)13-20(4)25(21,22)19-12-15(3)14(2)11-18(19)23-5/h7-12H,6,13H2,1-5H3. The Morgan fingerprint density at radius 2 is 1.68 bits per heavy atom. The molecular weight excluding hydrogens is 338 g/mol. The van der Waals surface area contributed by atoms with E-state index in [1.165, 1.54) is 11.4 Å². The van der Waals surface area contributed by atoms with E-state index in [0.717, 1.165) is 16.7 Å². The van der Waals surface area contributed by atoms with Crippen LogP contribution in [0.15, 0.2) is 41.3 Å². The summed E-state index contributed by atoms with van der Waals surface area (Å²) in [6.07, 6.45) is 0. The number of sulfonamides is 1. The Morgan fingerprint density at radius 1 is 1.04 bits per heavy atom. The van der Waals surface area contributed by atoms with Gasteiger partial charge in [0, 0.05) is 19.2 Å². The largest absolute Gasteiger partial charge is 0.495 e. The number of hydrogen-bond acceptors (Lipinski definition) is 4. The fourth-order valence-corrected chi connectivity index (χ4v) is 3.91. The molecule has 0 amide bonds. The summed E-state index contributed by atoms with van der Waals surface area (Å²) < 4.78 is 38.3. The van der Waals surface area contributed by atoms with Crippen LogP contribution in [-0.4, -0.2) is 33.5 Å². The molecule has 0 aliphatic carbocycles. The summed E-state index contributed by atoms with van der Waals surface area (Å²) in [6.45, 7) is 6.46. The molecule has 0 fully saturated rings. The Kier molecular flexibility index (Phi) is 6.08. The van der Waals surface area contributed by atoms with Crippen molar-refractivity contribution in [1.82, 2.24) is 4.31 Å². The molecule has 0 atom stereocenters. The summed E-state index contributed by atoms with van der Waals surface area (Å²) in [5.41, 5.74) is 2.71.